The van der Waals surface area contributed by atoms with Crippen molar-refractivity contribution in [2.45, 2.75) is 118 Å². The molecule has 7 unspecified atom stereocenters. The maximum Gasteiger partial charge on any atom is 0.330 e. The standard InChI is InChI=1S/C35H68O11/c1-10-13-14-34(11-2)27-46-33(9)26-45-32(8)25-44-31(7)24-43-30(6)23-42-29(5)22-41-28(4)21-39-18-17-37-15-16-38-19-20-40-35(36)12-3/h12,28-34H,3,10-11,13-27H2,1-2,4-9H3. The van der Waals surface area contributed by atoms with Crippen molar-refractivity contribution in [3.63, 3.8) is 0 Å². The minimum atomic E-state index is -0.457. The molecule has 0 rings (SSSR count). The van der Waals surface area contributed by atoms with Crippen molar-refractivity contribution in [3.05, 3.63) is 12.7 Å². The van der Waals surface area contributed by atoms with Gasteiger partial charge in [0.25, 0.3) is 0 Å². The average Bonchev–Trinajstić information content (AvgIpc) is 3.05. The number of ether oxygens (including phenoxy) is 10. The molecule has 0 aliphatic heterocycles. The van der Waals surface area contributed by atoms with Gasteiger partial charge >= 0.3 is 5.97 Å². The number of unbranched alkanes of at least 4 members (excludes halogenated alkanes) is 1. The maximum atomic E-state index is 10.9. The summed E-state index contributed by atoms with van der Waals surface area (Å²) >= 11 is 0. The van der Waals surface area contributed by atoms with Crippen LogP contribution in [0.4, 0.5) is 0 Å². The summed E-state index contributed by atoms with van der Waals surface area (Å²) in [6, 6.07) is 0. The first kappa shape index (κ1) is 44.9. The van der Waals surface area contributed by atoms with E-state index in [1.807, 2.05) is 34.6 Å². The van der Waals surface area contributed by atoms with Crippen molar-refractivity contribution in [1.29, 1.82) is 0 Å². The van der Waals surface area contributed by atoms with Gasteiger partial charge in [-0.15, -0.1) is 0 Å². The second-order valence-electron chi connectivity index (χ2n) is 12.0. The second kappa shape index (κ2) is 31.1. The molecule has 46 heavy (non-hydrogen) atoms. The van der Waals surface area contributed by atoms with Crippen molar-refractivity contribution in [2.24, 2.45) is 5.92 Å². The molecule has 0 aromatic carbocycles. The Labute approximate surface area is 280 Å². The van der Waals surface area contributed by atoms with Crippen LogP contribution in [0.1, 0.15) is 81.1 Å². The molecule has 274 valence electrons. The molecule has 0 aliphatic rings. The van der Waals surface area contributed by atoms with Gasteiger partial charge in [-0.3, -0.25) is 0 Å². The number of carbonyl (C=O) groups is 1. The van der Waals surface area contributed by atoms with Gasteiger partial charge in [0.1, 0.15) is 6.61 Å². The number of rotatable bonds is 34. The van der Waals surface area contributed by atoms with Crippen LogP contribution in [0.3, 0.4) is 0 Å². The summed E-state index contributed by atoms with van der Waals surface area (Å²) in [4.78, 5) is 10.9. The molecule has 0 heterocycles. The number of hydrogen-bond donors (Lipinski definition) is 0. The third-order valence-electron chi connectivity index (χ3n) is 6.97. The number of hydrogen-bond acceptors (Lipinski definition) is 11. The van der Waals surface area contributed by atoms with E-state index in [2.05, 4.69) is 27.4 Å². The molecule has 0 N–H and O–H groups in total. The summed E-state index contributed by atoms with van der Waals surface area (Å²) in [7, 11) is 0. The zero-order valence-corrected chi connectivity index (χ0v) is 30.3. The average molecular weight is 665 g/mol. The van der Waals surface area contributed by atoms with Crippen LogP contribution in [0.5, 0.6) is 0 Å². The van der Waals surface area contributed by atoms with Crippen LogP contribution in [0, 0.1) is 5.92 Å². The smallest absolute Gasteiger partial charge is 0.330 e. The summed E-state index contributed by atoms with van der Waals surface area (Å²) in [5.41, 5.74) is 0. The van der Waals surface area contributed by atoms with Crippen LogP contribution in [0.15, 0.2) is 12.7 Å². The Kier molecular flexibility index (Phi) is 30.4. The molecule has 0 aromatic rings. The van der Waals surface area contributed by atoms with E-state index in [0.29, 0.717) is 78.6 Å². The molecule has 0 amide bonds. The molecule has 11 heteroatoms. The Morgan fingerprint density at radius 3 is 1.30 bits per heavy atom. The molecule has 7 atom stereocenters. The summed E-state index contributed by atoms with van der Waals surface area (Å²) in [5, 5.41) is 0. The molecule has 0 bridgehead atoms. The molecule has 0 fully saturated rings. The highest BCUT2D eigenvalue weighted by Crippen LogP contribution is 2.14. The monoisotopic (exact) mass is 664 g/mol. The van der Waals surface area contributed by atoms with Gasteiger partial charge < -0.3 is 47.4 Å². The van der Waals surface area contributed by atoms with E-state index in [-0.39, 0.29) is 43.2 Å². The Balaban J connectivity index is 3.75. The van der Waals surface area contributed by atoms with Gasteiger partial charge in [-0.05, 0) is 53.9 Å². The van der Waals surface area contributed by atoms with Gasteiger partial charge in [-0.25, -0.2) is 4.79 Å². The minimum absolute atomic E-state index is 0.0160. The van der Waals surface area contributed by atoms with Crippen molar-refractivity contribution in [1.82, 2.24) is 0 Å². The van der Waals surface area contributed by atoms with E-state index >= 15 is 0 Å². The van der Waals surface area contributed by atoms with E-state index < -0.39 is 5.97 Å². The third kappa shape index (κ3) is 29.0. The first-order valence-corrected chi connectivity index (χ1v) is 17.3. The highest BCUT2D eigenvalue weighted by Gasteiger charge is 2.14. The van der Waals surface area contributed by atoms with Crippen LogP contribution in [-0.2, 0) is 52.2 Å². The summed E-state index contributed by atoms with van der Waals surface area (Å²) in [5.74, 6) is 0.176. The highest BCUT2D eigenvalue weighted by atomic mass is 16.6. The lowest BCUT2D eigenvalue weighted by atomic mass is 10.0. The molecule has 0 aromatic heterocycles. The van der Waals surface area contributed by atoms with Gasteiger partial charge in [-0.1, -0.05) is 39.7 Å². The Morgan fingerprint density at radius 2 is 0.913 bits per heavy atom. The van der Waals surface area contributed by atoms with Crippen molar-refractivity contribution >= 4 is 5.97 Å². The fourth-order valence-corrected chi connectivity index (χ4v) is 3.94. The Morgan fingerprint density at radius 1 is 0.543 bits per heavy atom. The molecule has 0 saturated carbocycles. The van der Waals surface area contributed by atoms with Crippen molar-refractivity contribution in [3.8, 4) is 0 Å². The lowest BCUT2D eigenvalue weighted by Crippen LogP contribution is -2.30. The predicted molar refractivity (Wildman–Crippen MR) is 179 cm³/mol. The van der Waals surface area contributed by atoms with Crippen molar-refractivity contribution in [2.75, 3.05) is 85.9 Å². The summed E-state index contributed by atoms with van der Waals surface area (Å²) in [6.07, 6.45) is 5.81. The molecule has 0 saturated heterocycles. The topological polar surface area (TPSA) is 109 Å². The van der Waals surface area contributed by atoms with Crippen molar-refractivity contribution < 1.29 is 52.2 Å². The molecule has 11 nitrogen and oxygen atoms in total. The fraction of sp³-hybridized carbons (Fsp3) is 0.914. The van der Waals surface area contributed by atoms with E-state index in [4.69, 9.17) is 47.4 Å². The first-order chi connectivity index (χ1) is 22.1. The summed E-state index contributed by atoms with van der Waals surface area (Å²) < 4.78 is 56.7. The quantitative estimate of drug-likeness (QED) is 0.0500. The zero-order chi connectivity index (χ0) is 34.4. The van der Waals surface area contributed by atoms with Gasteiger partial charge in [0, 0.05) is 12.7 Å². The van der Waals surface area contributed by atoms with Crippen LogP contribution in [-0.4, -0.2) is 128 Å². The normalized spacial score (nSPS) is 16.3. The van der Waals surface area contributed by atoms with E-state index in [9.17, 15) is 4.79 Å². The summed E-state index contributed by atoms with van der Waals surface area (Å²) in [6.45, 7) is 25.9. The third-order valence-corrected chi connectivity index (χ3v) is 6.97. The molecule has 0 aliphatic carbocycles. The SMILES string of the molecule is C=CC(=O)OCCOCCOCCOCC(C)OCC(C)OCC(C)OCC(C)OCC(C)OCC(C)OCC(CC)CCCC. The van der Waals surface area contributed by atoms with Gasteiger partial charge in [0.05, 0.1) is 109 Å². The predicted octanol–water partition coefficient (Wildman–Crippen LogP) is 5.41. The molecular weight excluding hydrogens is 596 g/mol. The maximum absolute atomic E-state index is 10.9. The van der Waals surface area contributed by atoms with Crippen LogP contribution in [0.25, 0.3) is 0 Å². The number of carbonyl (C=O) groups excluding carboxylic acids is 1. The van der Waals surface area contributed by atoms with E-state index in [1.54, 1.807) is 0 Å². The molecule has 0 radical (unpaired) electrons. The zero-order valence-electron chi connectivity index (χ0n) is 30.3. The molecule has 0 spiro atoms. The van der Waals surface area contributed by atoms with Gasteiger partial charge in [0.15, 0.2) is 0 Å². The first-order valence-electron chi connectivity index (χ1n) is 17.3. The van der Waals surface area contributed by atoms with E-state index in [0.717, 1.165) is 19.1 Å². The second-order valence-corrected chi connectivity index (χ2v) is 12.0. The van der Waals surface area contributed by atoms with Gasteiger partial charge in [0.2, 0.25) is 0 Å². The lowest BCUT2D eigenvalue weighted by molar-refractivity contribution is -0.139. The highest BCUT2D eigenvalue weighted by molar-refractivity contribution is 5.81. The van der Waals surface area contributed by atoms with E-state index in [1.165, 1.54) is 19.3 Å². The Hall–Kier alpha value is -1.15. The van der Waals surface area contributed by atoms with Crippen LogP contribution >= 0.6 is 0 Å². The largest absolute Gasteiger partial charge is 0.460 e. The number of esters is 1. The van der Waals surface area contributed by atoms with Crippen LogP contribution < -0.4 is 0 Å². The minimum Gasteiger partial charge on any atom is -0.460 e. The van der Waals surface area contributed by atoms with Crippen LogP contribution in [0.2, 0.25) is 0 Å². The lowest BCUT2D eigenvalue weighted by Gasteiger charge is -2.23. The fourth-order valence-electron chi connectivity index (χ4n) is 3.94. The van der Waals surface area contributed by atoms with Gasteiger partial charge in [-0.2, -0.15) is 0 Å². The Bertz CT molecular complexity index is 695. The molecular formula is C35H68O11.